The minimum absolute atomic E-state index is 0.436. The first-order valence-electron chi connectivity index (χ1n) is 5.87. The molecule has 0 saturated carbocycles. The summed E-state index contributed by atoms with van der Waals surface area (Å²) >= 11 is 6.47. The van der Waals surface area contributed by atoms with Crippen molar-refractivity contribution in [2.45, 2.75) is 34.0 Å². The Bertz CT molecular complexity index is 445. The van der Waals surface area contributed by atoms with Crippen LogP contribution in [-0.4, -0.2) is 14.2 Å². The third kappa shape index (κ3) is 2.46. The van der Waals surface area contributed by atoms with Gasteiger partial charge in [-0.1, -0.05) is 23.8 Å². The Morgan fingerprint density at radius 2 is 1.56 bits per heavy atom. The number of hydrogen-bond donors (Lipinski definition) is 0. The van der Waals surface area contributed by atoms with E-state index in [9.17, 15) is 0 Å². The van der Waals surface area contributed by atoms with Crippen LogP contribution in [-0.2, 0) is 9.47 Å². The molecule has 0 aromatic heterocycles. The molecule has 3 heteroatoms. The van der Waals surface area contributed by atoms with Gasteiger partial charge in [-0.25, -0.2) is 0 Å². The predicted octanol–water partition coefficient (Wildman–Crippen LogP) is 4.59. The van der Waals surface area contributed by atoms with Crippen molar-refractivity contribution in [1.29, 1.82) is 0 Å². The Hall–Kier alpha value is -0.830. The summed E-state index contributed by atoms with van der Waals surface area (Å²) in [7, 11) is 3.22. The van der Waals surface area contributed by atoms with Crippen LogP contribution in [0.15, 0.2) is 6.58 Å². The molecule has 0 bridgehead atoms. The van der Waals surface area contributed by atoms with E-state index in [2.05, 4.69) is 13.5 Å². The molecule has 100 valence electrons. The van der Waals surface area contributed by atoms with Crippen molar-refractivity contribution in [3.63, 3.8) is 0 Å². The lowest BCUT2D eigenvalue weighted by Crippen LogP contribution is -2.10. The highest BCUT2D eigenvalue weighted by atomic mass is 35.5. The Balaban J connectivity index is 3.63. The molecule has 0 N–H and O–H groups in total. The molecule has 2 nitrogen and oxygen atoms in total. The minimum atomic E-state index is -0.436. The molecule has 1 aromatic carbocycles. The normalized spacial score (nSPS) is 11.1. The Morgan fingerprint density at radius 1 is 1.06 bits per heavy atom. The van der Waals surface area contributed by atoms with Crippen LogP contribution in [0.25, 0.3) is 5.57 Å². The second-order valence-corrected chi connectivity index (χ2v) is 4.94. The molecule has 0 amide bonds. The fourth-order valence-electron chi connectivity index (χ4n) is 2.40. The van der Waals surface area contributed by atoms with Gasteiger partial charge in [0.1, 0.15) is 0 Å². The van der Waals surface area contributed by atoms with Crippen LogP contribution in [0.2, 0.25) is 5.02 Å². The maximum Gasteiger partial charge on any atom is 0.184 e. The van der Waals surface area contributed by atoms with Crippen molar-refractivity contribution >= 4 is 17.2 Å². The van der Waals surface area contributed by atoms with Gasteiger partial charge in [0.2, 0.25) is 0 Å². The van der Waals surface area contributed by atoms with Crippen LogP contribution in [0.5, 0.6) is 0 Å². The summed E-state index contributed by atoms with van der Waals surface area (Å²) in [5.74, 6) is 0. The molecule has 18 heavy (non-hydrogen) atoms. The lowest BCUT2D eigenvalue weighted by atomic mass is 9.90. The molecule has 0 saturated heterocycles. The molecule has 0 unspecified atom stereocenters. The SMILES string of the molecule is C=C(C)c1c(C)c(C)c(C(OC)OC)c(Cl)c1C. The maximum absolute atomic E-state index is 6.47. The number of halogens is 1. The molecule has 0 aliphatic rings. The van der Waals surface area contributed by atoms with Gasteiger partial charge in [0.25, 0.3) is 0 Å². The molecular formula is C15H21ClO2. The zero-order chi connectivity index (χ0) is 14.0. The smallest absolute Gasteiger partial charge is 0.184 e. The predicted molar refractivity (Wildman–Crippen MR) is 77.1 cm³/mol. The van der Waals surface area contributed by atoms with Gasteiger partial charge in [-0.3, -0.25) is 0 Å². The number of ether oxygens (including phenoxy) is 2. The van der Waals surface area contributed by atoms with Crippen LogP contribution >= 0.6 is 11.6 Å². The first-order valence-corrected chi connectivity index (χ1v) is 6.25. The second-order valence-electron chi connectivity index (χ2n) is 4.56. The Labute approximate surface area is 115 Å². The molecule has 0 aliphatic heterocycles. The quantitative estimate of drug-likeness (QED) is 0.744. The van der Waals surface area contributed by atoms with Crippen molar-refractivity contribution in [3.05, 3.63) is 39.4 Å². The van der Waals surface area contributed by atoms with E-state index in [1.165, 1.54) is 5.56 Å². The molecule has 0 atom stereocenters. The minimum Gasteiger partial charge on any atom is -0.352 e. The van der Waals surface area contributed by atoms with Crippen LogP contribution < -0.4 is 0 Å². The number of allylic oxidation sites excluding steroid dienone is 1. The lowest BCUT2D eigenvalue weighted by Gasteiger charge is -2.23. The molecule has 0 spiro atoms. The first-order chi connectivity index (χ1) is 8.36. The van der Waals surface area contributed by atoms with E-state index in [0.717, 1.165) is 27.8 Å². The highest BCUT2D eigenvalue weighted by molar-refractivity contribution is 6.32. The van der Waals surface area contributed by atoms with Crippen LogP contribution in [0.1, 0.15) is 41.0 Å². The summed E-state index contributed by atoms with van der Waals surface area (Å²) in [6.45, 7) is 12.1. The summed E-state index contributed by atoms with van der Waals surface area (Å²) in [5.41, 5.74) is 6.36. The largest absolute Gasteiger partial charge is 0.352 e. The maximum atomic E-state index is 6.47. The van der Waals surface area contributed by atoms with Gasteiger partial charge in [-0.2, -0.15) is 0 Å². The van der Waals surface area contributed by atoms with Gasteiger partial charge >= 0.3 is 0 Å². The third-order valence-corrected chi connectivity index (χ3v) is 3.86. The zero-order valence-electron chi connectivity index (χ0n) is 12.0. The number of hydrogen-bond acceptors (Lipinski definition) is 2. The average Bonchev–Trinajstić information content (AvgIpc) is 2.32. The Kier molecular flexibility index (Phi) is 4.97. The van der Waals surface area contributed by atoms with Crippen molar-refractivity contribution in [1.82, 2.24) is 0 Å². The van der Waals surface area contributed by atoms with Crippen LogP contribution in [0.3, 0.4) is 0 Å². The Morgan fingerprint density at radius 3 is 1.94 bits per heavy atom. The molecule has 1 aromatic rings. The van der Waals surface area contributed by atoms with Crippen molar-refractivity contribution in [2.24, 2.45) is 0 Å². The fourth-order valence-corrected chi connectivity index (χ4v) is 2.72. The van der Waals surface area contributed by atoms with Crippen LogP contribution in [0.4, 0.5) is 0 Å². The number of methoxy groups -OCH3 is 2. The molecular weight excluding hydrogens is 248 g/mol. The monoisotopic (exact) mass is 268 g/mol. The number of benzene rings is 1. The van der Waals surface area contributed by atoms with Gasteiger partial charge in [-0.15, -0.1) is 0 Å². The average molecular weight is 269 g/mol. The molecule has 1 rings (SSSR count). The van der Waals surface area contributed by atoms with E-state index in [1.807, 2.05) is 20.8 Å². The van der Waals surface area contributed by atoms with Crippen molar-refractivity contribution < 1.29 is 9.47 Å². The lowest BCUT2D eigenvalue weighted by molar-refractivity contribution is -0.106. The standard InChI is InChI=1S/C15H21ClO2/c1-8(2)12-9(3)10(4)13(14(16)11(12)5)15(17-6)18-7/h15H,1H2,2-7H3. The van der Waals surface area contributed by atoms with E-state index in [0.29, 0.717) is 5.02 Å². The molecule has 0 radical (unpaired) electrons. The topological polar surface area (TPSA) is 18.5 Å². The van der Waals surface area contributed by atoms with Crippen LogP contribution in [0, 0.1) is 20.8 Å². The summed E-state index contributed by atoms with van der Waals surface area (Å²) in [4.78, 5) is 0. The van der Waals surface area contributed by atoms with E-state index >= 15 is 0 Å². The molecule has 0 fully saturated rings. The van der Waals surface area contributed by atoms with Gasteiger partial charge in [0, 0.05) is 19.8 Å². The zero-order valence-corrected chi connectivity index (χ0v) is 12.7. The summed E-state index contributed by atoms with van der Waals surface area (Å²) in [6.07, 6.45) is -0.436. The highest BCUT2D eigenvalue weighted by Crippen LogP contribution is 2.38. The van der Waals surface area contributed by atoms with Gasteiger partial charge in [-0.05, 0) is 49.9 Å². The summed E-state index contributed by atoms with van der Waals surface area (Å²) in [6, 6.07) is 0. The fraction of sp³-hybridized carbons (Fsp3) is 0.467. The highest BCUT2D eigenvalue weighted by Gasteiger charge is 2.22. The van der Waals surface area contributed by atoms with Crippen molar-refractivity contribution in [3.8, 4) is 0 Å². The second kappa shape index (κ2) is 5.87. The molecule has 0 heterocycles. The van der Waals surface area contributed by atoms with E-state index < -0.39 is 6.29 Å². The van der Waals surface area contributed by atoms with E-state index in [1.54, 1.807) is 14.2 Å². The summed E-state index contributed by atoms with van der Waals surface area (Å²) < 4.78 is 10.7. The van der Waals surface area contributed by atoms with Gasteiger partial charge < -0.3 is 9.47 Å². The van der Waals surface area contributed by atoms with E-state index in [-0.39, 0.29) is 0 Å². The number of rotatable bonds is 4. The first kappa shape index (κ1) is 15.2. The molecule has 0 aliphatic carbocycles. The van der Waals surface area contributed by atoms with E-state index in [4.69, 9.17) is 21.1 Å². The van der Waals surface area contributed by atoms with Gasteiger partial charge in [0.05, 0.1) is 5.02 Å². The summed E-state index contributed by atoms with van der Waals surface area (Å²) in [5, 5.41) is 0.699. The third-order valence-electron chi connectivity index (χ3n) is 3.37. The van der Waals surface area contributed by atoms with Gasteiger partial charge in [0.15, 0.2) is 6.29 Å². The van der Waals surface area contributed by atoms with Crippen molar-refractivity contribution in [2.75, 3.05) is 14.2 Å².